The Labute approximate surface area is 182 Å². The van der Waals surface area contributed by atoms with Gasteiger partial charge in [0.05, 0.1) is 25.0 Å². The zero-order chi connectivity index (χ0) is 22.4. The van der Waals surface area contributed by atoms with Gasteiger partial charge in [-0.15, -0.1) is 0 Å². The maximum Gasteiger partial charge on any atom is 0.271 e. The van der Waals surface area contributed by atoms with Gasteiger partial charge in [0.2, 0.25) is 0 Å². The number of rotatable bonds is 6. The van der Waals surface area contributed by atoms with Crippen molar-refractivity contribution in [3.8, 4) is 0 Å². The SMILES string of the molecule is O=C(N/N=C/c1ccco1)c1ccncc1.O=C(N/N=C/c1ccco1)c1ccncc1. The Morgan fingerprint density at radius 2 is 1.09 bits per heavy atom. The molecule has 10 heteroatoms. The summed E-state index contributed by atoms with van der Waals surface area (Å²) < 4.78 is 10.0. The van der Waals surface area contributed by atoms with Crippen molar-refractivity contribution in [1.82, 2.24) is 20.8 Å². The Morgan fingerprint density at radius 3 is 1.44 bits per heavy atom. The lowest BCUT2D eigenvalue weighted by atomic mass is 10.3. The molecule has 0 radical (unpaired) electrons. The van der Waals surface area contributed by atoms with Gasteiger partial charge in [-0.25, -0.2) is 10.9 Å². The molecule has 10 nitrogen and oxygen atoms in total. The van der Waals surface area contributed by atoms with Gasteiger partial charge in [0, 0.05) is 35.9 Å². The molecule has 4 aromatic rings. The second-order valence-corrected chi connectivity index (χ2v) is 5.90. The molecule has 4 heterocycles. The van der Waals surface area contributed by atoms with Crippen LogP contribution in [0.4, 0.5) is 0 Å². The van der Waals surface area contributed by atoms with Crippen LogP contribution < -0.4 is 10.9 Å². The molecule has 2 amide bonds. The Kier molecular flexibility index (Phi) is 8.17. The summed E-state index contributed by atoms with van der Waals surface area (Å²) in [6.45, 7) is 0. The highest BCUT2D eigenvalue weighted by molar-refractivity contribution is 5.95. The van der Waals surface area contributed by atoms with Crippen molar-refractivity contribution in [2.45, 2.75) is 0 Å². The summed E-state index contributed by atoms with van der Waals surface area (Å²) in [7, 11) is 0. The molecule has 0 bridgehead atoms. The van der Waals surface area contributed by atoms with Gasteiger partial charge in [-0.1, -0.05) is 0 Å². The topological polar surface area (TPSA) is 135 Å². The Bertz CT molecular complexity index is 1050. The Balaban J connectivity index is 0.000000181. The normalized spacial score (nSPS) is 10.5. The van der Waals surface area contributed by atoms with Gasteiger partial charge in [-0.2, -0.15) is 10.2 Å². The van der Waals surface area contributed by atoms with E-state index in [4.69, 9.17) is 8.83 Å². The molecule has 0 aliphatic heterocycles. The first kappa shape index (κ1) is 21.8. The summed E-state index contributed by atoms with van der Waals surface area (Å²) in [5.41, 5.74) is 5.77. The van der Waals surface area contributed by atoms with Gasteiger partial charge in [-0.05, 0) is 48.5 Å². The van der Waals surface area contributed by atoms with E-state index < -0.39 is 0 Å². The number of nitrogens with zero attached hydrogens (tertiary/aromatic N) is 4. The molecule has 0 aliphatic carbocycles. The van der Waals surface area contributed by atoms with Crippen LogP contribution in [0, 0.1) is 0 Å². The summed E-state index contributed by atoms with van der Waals surface area (Å²) in [5.74, 6) is 0.584. The van der Waals surface area contributed by atoms with Crippen molar-refractivity contribution in [2.24, 2.45) is 10.2 Å². The molecular weight excluding hydrogens is 412 g/mol. The number of nitrogens with one attached hydrogen (secondary N) is 2. The Morgan fingerprint density at radius 1 is 0.688 bits per heavy atom. The molecule has 0 unspecified atom stereocenters. The van der Waals surface area contributed by atoms with E-state index in [1.54, 1.807) is 73.3 Å². The van der Waals surface area contributed by atoms with Crippen molar-refractivity contribution in [1.29, 1.82) is 0 Å². The second-order valence-electron chi connectivity index (χ2n) is 5.90. The van der Waals surface area contributed by atoms with Crippen molar-refractivity contribution >= 4 is 24.2 Å². The molecule has 160 valence electrons. The summed E-state index contributed by atoms with van der Waals surface area (Å²) >= 11 is 0. The molecule has 0 aromatic carbocycles. The number of carbonyl (C=O) groups is 2. The molecule has 0 saturated carbocycles. The predicted molar refractivity (Wildman–Crippen MR) is 116 cm³/mol. The predicted octanol–water partition coefficient (Wildman–Crippen LogP) is 2.88. The average Bonchev–Trinajstić information content (AvgIpc) is 3.55. The fourth-order valence-electron chi connectivity index (χ4n) is 2.17. The molecule has 0 atom stereocenters. The van der Waals surface area contributed by atoms with Crippen LogP contribution in [-0.4, -0.2) is 34.2 Å². The highest BCUT2D eigenvalue weighted by atomic mass is 16.3. The first-order chi connectivity index (χ1) is 15.7. The summed E-state index contributed by atoms with van der Waals surface area (Å²) in [6, 6.07) is 13.4. The lowest BCUT2D eigenvalue weighted by Crippen LogP contribution is -2.17. The summed E-state index contributed by atoms with van der Waals surface area (Å²) in [4.78, 5) is 30.6. The van der Waals surface area contributed by atoms with Crippen LogP contribution in [0.25, 0.3) is 0 Å². The summed E-state index contributed by atoms with van der Waals surface area (Å²) in [5, 5.41) is 7.50. The summed E-state index contributed by atoms with van der Waals surface area (Å²) in [6.07, 6.45) is 12.1. The molecule has 0 aliphatic rings. The molecule has 4 rings (SSSR count). The van der Waals surface area contributed by atoms with Crippen molar-refractivity contribution < 1.29 is 18.4 Å². The third-order valence-electron chi connectivity index (χ3n) is 3.69. The number of pyridine rings is 2. The lowest BCUT2D eigenvalue weighted by molar-refractivity contribution is 0.0947. The minimum atomic E-state index is -0.287. The van der Waals surface area contributed by atoms with E-state index in [0.29, 0.717) is 22.6 Å². The van der Waals surface area contributed by atoms with E-state index in [1.165, 1.54) is 25.0 Å². The van der Waals surface area contributed by atoms with Crippen LogP contribution >= 0.6 is 0 Å². The smallest absolute Gasteiger partial charge is 0.271 e. The van der Waals surface area contributed by atoms with Crippen molar-refractivity contribution in [3.05, 3.63) is 108 Å². The van der Waals surface area contributed by atoms with Crippen LogP contribution in [0.2, 0.25) is 0 Å². The Hall–Kier alpha value is -4.86. The van der Waals surface area contributed by atoms with Crippen molar-refractivity contribution in [2.75, 3.05) is 0 Å². The second kappa shape index (κ2) is 12.0. The van der Waals surface area contributed by atoms with E-state index >= 15 is 0 Å². The first-order valence-electron chi connectivity index (χ1n) is 9.26. The third kappa shape index (κ3) is 7.19. The highest BCUT2D eigenvalue weighted by Gasteiger charge is 2.02. The van der Waals surface area contributed by atoms with Gasteiger partial charge in [-0.3, -0.25) is 19.6 Å². The van der Waals surface area contributed by atoms with E-state index in [1.807, 2.05) is 0 Å². The quantitative estimate of drug-likeness (QED) is 0.357. The van der Waals surface area contributed by atoms with Gasteiger partial charge >= 0.3 is 0 Å². The molecule has 32 heavy (non-hydrogen) atoms. The number of hydrogen-bond acceptors (Lipinski definition) is 8. The monoisotopic (exact) mass is 430 g/mol. The molecule has 0 saturated heterocycles. The van der Waals surface area contributed by atoms with E-state index in [0.717, 1.165) is 0 Å². The fraction of sp³-hybridized carbons (Fsp3) is 0. The molecular formula is C22H18N6O4. The van der Waals surface area contributed by atoms with E-state index in [9.17, 15) is 9.59 Å². The maximum atomic E-state index is 11.5. The minimum Gasteiger partial charge on any atom is -0.463 e. The zero-order valence-electron chi connectivity index (χ0n) is 16.7. The number of hydrogen-bond donors (Lipinski definition) is 2. The number of furan rings is 2. The fourth-order valence-corrected chi connectivity index (χ4v) is 2.17. The van der Waals surface area contributed by atoms with Crippen LogP contribution in [0.3, 0.4) is 0 Å². The molecule has 0 spiro atoms. The standard InChI is InChI=1S/2C11H9N3O2/c2*15-11(9-3-5-12-6-4-9)14-13-8-10-2-1-7-16-10/h2*1-8H,(H,14,15)/b2*13-8+. The number of amides is 2. The first-order valence-corrected chi connectivity index (χ1v) is 9.26. The van der Waals surface area contributed by atoms with Crippen LogP contribution in [0.15, 0.2) is 105 Å². The highest BCUT2D eigenvalue weighted by Crippen LogP contribution is 1.98. The van der Waals surface area contributed by atoms with Gasteiger partial charge in [0.1, 0.15) is 11.5 Å². The van der Waals surface area contributed by atoms with Crippen LogP contribution in [0.1, 0.15) is 32.2 Å². The van der Waals surface area contributed by atoms with Crippen LogP contribution in [0.5, 0.6) is 0 Å². The lowest BCUT2D eigenvalue weighted by Gasteiger charge is -1.97. The van der Waals surface area contributed by atoms with Gasteiger partial charge in [0.15, 0.2) is 0 Å². The van der Waals surface area contributed by atoms with Gasteiger partial charge < -0.3 is 8.83 Å². The molecule has 4 aromatic heterocycles. The van der Waals surface area contributed by atoms with E-state index in [-0.39, 0.29) is 11.8 Å². The number of carbonyl (C=O) groups excluding carboxylic acids is 2. The largest absolute Gasteiger partial charge is 0.463 e. The maximum absolute atomic E-state index is 11.5. The zero-order valence-corrected chi connectivity index (χ0v) is 16.7. The molecule has 2 N–H and O–H groups in total. The molecule has 0 fully saturated rings. The van der Waals surface area contributed by atoms with E-state index in [2.05, 4.69) is 31.0 Å². The number of aromatic nitrogens is 2. The van der Waals surface area contributed by atoms with Crippen molar-refractivity contribution in [3.63, 3.8) is 0 Å². The minimum absolute atomic E-state index is 0.287. The third-order valence-corrected chi connectivity index (χ3v) is 3.69. The van der Waals surface area contributed by atoms with Gasteiger partial charge in [0.25, 0.3) is 11.8 Å². The average molecular weight is 430 g/mol. The van der Waals surface area contributed by atoms with Crippen LogP contribution in [-0.2, 0) is 0 Å². The number of hydrazone groups is 2.